The first-order valence-electron chi connectivity index (χ1n) is 5.10. The normalized spacial score (nSPS) is 14.3. The zero-order chi connectivity index (χ0) is 10.8. The Morgan fingerprint density at radius 1 is 1.53 bits per heavy atom. The van der Waals surface area contributed by atoms with Gasteiger partial charge >= 0.3 is 0 Å². The van der Waals surface area contributed by atoms with Gasteiger partial charge in [-0.15, -0.1) is 0 Å². The third-order valence-corrected chi connectivity index (χ3v) is 3.23. The molecule has 1 aliphatic rings. The highest BCUT2D eigenvalue weighted by molar-refractivity contribution is 7.98. The molecule has 0 saturated carbocycles. The standard InChI is InChI=1S/C10H15N3OS/c1-6(2)3-11-10-12-8-5-15-4-7(8)9(14)13-10/h6H,3-5H2,1-2H3,(H2,11,12,13,14). The molecule has 0 aliphatic carbocycles. The van der Waals surface area contributed by atoms with Gasteiger partial charge in [0.15, 0.2) is 0 Å². The first-order chi connectivity index (χ1) is 7.16. The van der Waals surface area contributed by atoms with Gasteiger partial charge in [-0.25, -0.2) is 4.98 Å². The number of hydrogen-bond donors (Lipinski definition) is 2. The van der Waals surface area contributed by atoms with E-state index < -0.39 is 0 Å². The lowest BCUT2D eigenvalue weighted by atomic mass is 10.2. The van der Waals surface area contributed by atoms with Crippen LogP contribution >= 0.6 is 11.8 Å². The Bertz CT molecular complexity index is 414. The molecule has 2 rings (SSSR count). The Balaban J connectivity index is 2.20. The molecule has 5 heteroatoms. The Labute approximate surface area is 92.9 Å². The van der Waals surface area contributed by atoms with Crippen molar-refractivity contribution in [2.24, 2.45) is 5.92 Å². The summed E-state index contributed by atoms with van der Waals surface area (Å²) in [5.74, 6) is 2.80. The first-order valence-corrected chi connectivity index (χ1v) is 6.26. The summed E-state index contributed by atoms with van der Waals surface area (Å²) in [6.45, 7) is 5.07. The summed E-state index contributed by atoms with van der Waals surface area (Å²) in [6, 6.07) is 0. The van der Waals surface area contributed by atoms with Crippen LogP contribution in [0.15, 0.2) is 4.79 Å². The molecule has 4 nitrogen and oxygen atoms in total. The van der Waals surface area contributed by atoms with Gasteiger partial charge in [-0.2, -0.15) is 11.8 Å². The van der Waals surface area contributed by atoms with Crippen molar-refractivity contribution in [2.75, 3.05) is 11.9 Å². The van der Waals surface area contributed by atoms with Crippen LogP contribution in [0.3, 0.4) is 0 Å². The number of hydrogen-bond acceptors (Lipinski definition) is 4. The number of anilines is 1. The van der Waals surface area contributed by atoms with E-state index in [1.54, 1.807) is 11.8 Å². The third kappa shape index (κ3) is 2.34. The maximum absolute atomic E-state index is 11.6. The number of fused-ring (bicyclic) bond motifs is 1. The second kappa shape index (κ2) is 4.26. The number of nitrogens with one attached hydrogen (secondary N) is 2. The van der Waals surface area contributed by atoms with Crippen molar-refractivity contribution in [1.29, 1.82) is 0 Å². The smallest absolute Gasteiger partial charge is 0.256 e. The summed E-state index contributed by atoms with van der Waals surface area (Å²) in [6.07, 6.45) is 0. The van der Waals surface area contributed by atoms with Crippen LogP contribution in [0.1, 0.15) is 25.1 Å². The fraction of sp³-hybridized carbons (Fsp3) is 0.600. The molecule has 1 aromatic heterocycles. The van der Waals surface area contributed by atoms with E-state index in [4.69, 9.17) is 0 Å². The number of thioether (sulfide) groups is 1. The number of aromatic amines is 1. The summed E-state index contributed by atoms with van der Waals surface area (Å²) >= 11 is 1.74. The summed E-state index contributed by atoms with van der Waals surface area (Å²) in [5.41, 5.74) is 1.79. The van der Waals surface area contributed by atoms with Crippen molar-refractivity contribution >= 4 is 17.7 Å². The molecule has 0 aromatic carbocycles. The van der Waals surface area contributed by atoms with Crippen LogP contribution < -0.4 is 10.9 Å². The summed E-state index contributed by atoms with van der Waals surface area (Å²) in [7, 11) is 0. The van der Waals surface area contributed by atoms with E-state index in [1.165, 1.54) is 0 Å². The predicted molar refractivity (Wildman–Crippen MR) is 63.2 cm³/mol. The van der Waals surface area contributed by atoms with Crippen LogP contribution in [0.2, 0.25) is 0 Å². The Hall–Kier alpha value is -0.970. The molecule has 1 aromatic rings. The quantitative estimate of drug-likeness (QED) is 0.820. The molecule has 0 saturated heterocycles. The van der Waals surface area contributed by atoms with E-state index in [0.717, 1.165) is 29.3 Å². The lowest BCUT2D eigenvalue weighted by molar-refractivity contribution is 0.683. The fourth-order valence-corrected chi connectivity index (χ4v) is 2.48. The lowest BCUT2D eigenvalue weighted by Gasteiger charge is -2.08. The second-order valence-corrected chi connectivity index (χ2v) is 5.09. The second-order valence-electron chi connectivity index (χ2n) is 4.11. The maximum Gasteiger partial charge on any atom is 0.256 e. The molecule has 0 atom stereocenters. The SMILES string of the molecule is CC(C)CNc1nc2c(c(=O)[nH]1)CSC2. The highest BCUT2D eigenvalue weighted by Gasteiger charge is 2.17. The van der Waals surface area contributed by atoms with E-state index in [1.807, 2.05) is 0 Å². The minimum atomic E-state index is 0.0104. The van der Waals surface area contributed by atoms with Gasteiger partial charge in [0.05, 0.1) is 5.69 Å². The van der Waals surface area contributed by atoms with Crippen LogP contribution in [-0.4, -0.2) is 16.5 Å². The maximum atomic E-state index is 11.6. The summed E-state index contributed by atoms with van der Waals surface area (Å²) in [4.78, 5) is 18.8. The van der Waals surface area contributed by atoms with Crippen LogP contribution in [0.25, 0.3) is 0 Å². The van der Waals surface area contributed by atoms with Gasteiger partial charge in [0, 0.05) is 23.6 Å². The van der Waals surface area contributed by atoms with Crippen LogP contribution in [-0.2, 0) is 11.5 Å². The van der Waals surface area contributed by atoms with Crippen molar-refractivity contribution in [1.82, 2.24) is 9.97 Å². The molecule has 15 heavy (non-hydrogen) atoms. The third-order valence-electron chi connectivity index (χ3n) is 2.26. The van der Waals surface area contributed by atoms with Crippen molar-refractivity contribution in [3.8, 4) is 0 Å². The van der Waals surface area contributed by atoms with Gasteiger partial charge in [-0.05, 0) is 5.92 Å². The van der Waals surface area contributed by atoms with Crippen LogP contribution in [0.4, 0.5) is 5.95 Å². The van der Waals surface area contributed by atoms with Crippen LogP contribution in [0, 0.1) is 5.92 Å². The molecule has 0 unspecified atom stereocenters. The molecule has 0 fully saturated rings. The monoisotopic (exact) mass is 225 g/mol. The summed E-state index contributed by atoms with van der Waals surface area (Å²) < 4.78 is 0. The van der Waals surface area contributed by atoms with Gasteiger partial charge in [-0.1, -0.05) is 13.8 Å². The zero-order valence-corrected chi connectivity index (χ0v) is 9.78. The molecule has 2 N–H and O–H groups in total. The lowest BCUT2D eigenvalue weighted by Crippen LogP contribution is -2.19. The first kappa shape index (κ1) is 10.5. The Kier molecular flexibility index (Phi) is 3.00. The molecule has 0 bridgehead atoms. The van der Waals surface area contributed by atoms with Crippen molar-refractivity contribution in [3.05, 3.63) is 21.6 Å². The minimum absolute atomic E-state index is 0.0104. The average molecular weight is 225 g/mol. The Morgan fingerprint density at radius 2 is 2.33 bits per heavy atom. The van der Waals surface area contributed by atoms with Crippen molar-refractivity contribution in [3.63, 3.8) is 0 Å². The van der Waals surface area contributed by atoms with E-state index in [2.05, 4.69) is 29.1 Å². The number of H-pyrrole nitrogens is 1. The number of nitrogens with zero attached hydrogens (tertiary/aromatic N) is 1. The van der Waals surface area contributed by atoms with E-state index in [9.17, 15) is 4.79 Å². The number of aromatic nitrogens is 2. The molecular formula is C10H15N3OS. The van der Waals surface area contributed by atoms with Gasteiger partial charge in [0.1, 0.15) is 0 Å². The highest BCUT2D eigenvalue weighted by Crippen LogP contribution is 2.25. The molecule has 0 radical (unpaired) electrons. The van der Waals surface area contributed by atoms with E-state index >= 15 is 0 Å². The van der Waals surface area contributed by atoms with Gasteiger partial charge in [-0.3, -0.25) is 9.78 Å². The van der Waals surface area contributed by atoms with Crippen molar-refractivity contribution < 1.29 is 0 Å². The average Bonchev–Trinajstić information content (AvgIpc) is 2.63. The van der Waals surface area contributed by atoms with Gasteiger partial charge < -0.3 is 5.32 Å². The molecule has 0 spiro atoms. The molecule has 0 amide bonds. The van der Waals surface area contributed by atoms with E-state index in [-0.39, 0.29) is 5.56 Å². The fourth-order valence-electron chi connectivity index (χ4n) is 1.45. The minimum Gasteiger partial charge on any atom is -0.355 e. The molecule has 1 aliphatic heterocycles. The predicted octanol–water partition coefficient (Wildman–Crippen LogP) is 1.58. The van der Waals surface area contributed by atoms with Gasteiger partial charge in [0.2, 0.25) is 5.95 Å². The van der Waals surface area contributed by atoms with E-state index in [0.29, 0.717) is 11.9 Å². The largest absolute Gasteiger partial charge is 0.355 e. The zero-order valence-electron chi connectivity index (χ0n) is 8.96. The Morgan fingerprint density at radius 3 is 3.07 bits per heavy atom. The molecule has 82 valence electrons. The topological polar surface area (TPSA) is 57.8 Å². The summed E-state index contributed by atoms with van der Waals surface area (Å²) in [5, 5.41) is 3.14. The number of rotatable bonds is 3. The molecule has 2 heterocycles. The van der Waals surface area contributed by atoms with Crippen LogP contribution in [0.5, 0.6) is 0 Å². The molecular weight excluding hydrogens is 210 g/mol. The highest BCUT2D eigenvalue weighted by atomic mass is 32.2. The van der Waals surface area contributed by atoms with Crippen molar-refractivity contribution in [2.45, 2.75) is 25.4 Å². The van der Waals surface area contributed by atoms with Gasteiger partial charge in [0.25, 0.3) is 5.56 Å².